The first-order valence-electron chi connectivity index (χ1n) is 13.4. The topological polar surface area (TPSA) is 92.2 Å². The van der Waals surface area contributed by atoms with Gasteiger partial charge in [-0.2, -0.15) is 13.2 Å². The molecule has 3 aliphatic heterocycles. The van der Waals surface area contributed by atoms with Crippen LogP contribution in [0.4, 0.5) is 32.6 Å². The highest BCUT2D eigenvalue weighted by molar-refractivity contribution is 6.05. The number of carbonyl (C=O) groups excluding carboxylic acids is 2. The van der Waals surface area contributed by atoms with Crippen molar-refractivity contribution >= 4 is 17.8 Å². The highest BCUT2D eigenvalue weighted by Gasteiger charge is 2.49. The van der Waals surface area contributed by atoms with Crippen LogP contribution in [0.5, 0.6) is 0 Å². The number of aromatic nitrogens is 3. The van der Waals surface area contributed by atoms with Crippen LogP contribution in [0.15, 0.2) is 42.7 Å². The fourth-order valence-electron chi connectivity index (χ4n) is 6.41. The van der Waals surface area contributed by atoms with Gasteiger partial charge in [0.05, 0.1) is 17.9 Å². The lowest BCUT2D eigenvalue weighted by molar-refractivity contribution is -0.128. The molecule has 13 heteroatoms. The Balaban J connectivity index is 1.22. The van der Waals surface area contributed by atoms with Crippen LogP contribution in [0.2, 0.25) is 0 Å². The van der Waals surface area contributed by atoms with Crippen LogP contribution in [-0.2, 0) is 23.2 Å². The number of amides is 3. The summed E-state index contributed by atoms with van der Waals surface area (Å²) in [6, 6.07) is 5.87. The molecule has 1 spiro atoms. The van der Waals surface area contributed by atoms with Crippen molar-refractivity contribution in [2.24, 2.45) is 0 Å². The molecule has 0 saturated carbocycles. The van der Waals surface area contributed by atoms with Gasteiger partial charge in [0, 0.05) is 54.8 Å². The van der Waals surface area contributed by atoms with Crippen LogP contribution in [0.1, 0.15) is 60.3 Å². The highest BCUT2D eigenvalue weighted by atomic mass is 19.4. The average Bonchev–Trinajstić information content (AvgIpc) is 3.36. The SMILES string of the molecule is O=C(N[C@@H]1CC[C@@H](c2c(F)cccc2F)Cn2c(CC(F)(F)F)cnc21)N1CCC2(CC1)C(=O)Nc1ncccc12. The number of anilines is 1. The highest BCUT2D eigenvalue weighted by Crippen LogP contribution is 2.44. The maximum Gasteiger partial charge on any atom is 0.394 e. The summed E-state index contributed by atoms with van der Waals surface area (Å²) >= 11 is 0. The number of alkyl halides is 3. The second-order valence-corrected chi connectivity index (χ2v) is 10.8. The molecule has 0 unspecified atom stereocenters. The van der Waals surface area contributed by atoms with E-state index in [4.69, 9.17) is 0 Å². The van der Waals surface area contributed by atoms with Crippen LogP contribution in [-0.4, -0.2) is 50.6 Å². The summed E-state index contributed by atoms with van der Waals surface area (Å²) in [5, 5.41) is 5.71. The Hall–Kier alpha value is -4.03. The van der Waals surface area contributed by atoms with Crippen molar-refractivity contribution in [3.05, 3.63) is 77.0 Å². The lowest BCUT2D eigenvalue weighted by Gasteiger charge is -2.38. The zero-order chi connectivity index (χ0) is 28.9. The van der Waals surface area contributed by atoms with Gasteiger partial charge in [-0.3, -0.25) is 4.79 Å². The summed E-state index contributed by atoms with van der Waals surface area (Å²) in [6.07, 6.45) is -1.88. The van der Waals surface area contributed by atoms with E-state index in [-0.39, 0.29) is 55.5 Å². The molecule has 1 saturated heterocycles. The summed E-state index contributed by atoms with van der Waals surface area (Å²) in [7, 11) is 0. The molecule has 2 atom stereocenters. The molecule has 6 rings (SSSR count). The summed E-state index contributed by atoms with van der Waals surface area (Å²) in [6.45, 7) is 0.439. The van der Waals surface area contributed by atoms with E-state index in [2.05, 4.69) is 20.6 Å². The van der Waals surface area contributed by atoms with Gasteiger partial charge >= 0.3 is 12.2 Å². The van der Waals surface area contributed by atoms with Crippen molar-refractivity contribution in [1.29, 1.82) is 0 Å². The van der Waals surface area contributed by atoms with Crippen LogP contribution in [0.3, 0.4) is 0 Å². The molecule has 0 radical (unpaired) electrons. The second-order valence-electron chi connectivity index (χ2n) is 10.8. The maximum atomic E-state index is 14.7. The van der Waals surface area contributed by atoms with Crippen LogP contribution in [0.25, 0.3) is 0 Å². The number of piperidine rings is 1. The first-order chi connectivity index (χ1) is 19.6. The van der Waals surface area contributed by atoms with Crippen molar-refractivity contribution in [2.45, 2.75) is 62.2 Å². The number of nitrogens with one attached hydrogen (secondary N) is 2. The number of likely N-dealkylation sites (tertiary alicyclic amines) is 1. The molecule has 3 aliphatic rings. The lowest BCUT2D eigenvalue weighted by atomic mass is 9.74. The molecule has 0 aliphatic carbocycles. The molecule has 2 aromatic heterocycles. The summed E-state index contributed by atoms with van der Waals surface area (Å²) in [5.74, 6) is -1.72. The molecular weight excluding hydrogens is 547 g/mol. The number of fused-ring (bicyclic) bond motifs is 3. The molecule has 2 N–H and O–H groups in total. The Kier molecular flexibility index (Phi) is 6.69. The average molecular weight is 575 g/mol. The minimum Gasteiger partial charge on any atom is -0.329 e. The molecule has 0 bridgehead atoms. The molecule has 8 nitrogen and oxygen atoms in total. The third kappa shape index (κ3) is 4.91. The third-order valence-corrected chi connectivity index (χ3v) is 8.47. The van der Waals surface area contributed by atoms with Crippen LogP contribution in [0, 0.1) is 11.6 Å². The predicted molar refractivity (Wildman–Crippen MR) is 137 cm³/mol. The van der Waals surface area contributed by atoms with E-state index in [9.17, 15) is 31.5 Å². The van der Waals surface area contributed by atoms with E-state index in [0.29, 0.717) is 18.7 Å². The van der Waals surface area contributed by atoms with E-state index in [1.54, 1.807) is 17.2 Å². The number of hydrogen-bond acceptors (Lipinski definition) is 4. The standard InChI is InChI=1S/C28H27F5N6O2/c29-19-4-1-5-20(30)22(19)16-6-7-21(24-35-14-17(39(24)15-16)13-28(31,32)33)36-26(41)38-11-8-27(9-12-38)18-3-2-10-34-23(18)37-25(27)40/h1-5,10,14,16,21H,6-9,11-13,15H2,(H,36,41)(H,34,37,40)/t16-,21-/m1/s1. The van der Waals surface area contributed by atoms with Crippen molar-refractivity contribution < 1.29 is 31.5 Å². The lowest BCUT2D eigenvalue weighted by Crippen LogP contribution is -2.51. The van der Waals surface area contributed by atoms with E-state index < -0.39 is 47.6 Å². The van der Waals surface area contributed by atoms with Gasteiger partial charge in [0.25, 0.3) is 0 Å². The Morgan fingerprint density at radius 3 is 2.51 bits per heavy atom. The summed E-state index contributed by atoms with van der Waals surface area (Å²) in [4.78, 5) is 36.3. The Labute approximate surface area is 232 Å². The van der Waals surface area contributed by atoms with Crippen LogP contribution < -0.4 is 10.6 Å². The third-order valence-electron chi connectivity index (χ3n) is 8.47. The smallest absolute Gasteiger partial charge is 0.329 e. The van der Waals surface area contributed by atoms with Crippen molar-refractivity contribution in [1.82, 2.24) is 24.8 Å². The molecule has 3 aromatic rings. The van der Waals surface area contributed by atoms with Gasteiger partial charge in [-0.1, -0.05) is 12.1 Å². The number of pyridine rings is 1. The quantitative estimate of drug-likeness (QED) is 0.432. The van der Waals surface area contributed by atoms with Gasteiger partial charge in [0.15, 0.2) is 0 Å². The number of nitrogens with zero attached hydrogens (tertiary/aromatic N) is 4. The fraction of sp³-hybridized carbons (Fsp3) is 0.429. The Bertz CT molecular complexity index is 1480. The molecule has 41 heavy (non-hydrogen) atoms. The van der Waals surface area contributed by atoms with E-state index in [0.717, 1.165) is 23.9 Å². The monoisotopic (exact) mass is 574 g/mol. The molecule has 5 heterocycles. The second kappa shape index (κ2) is 10.1. The molecule has 1 aromatic carbocycles. The number of carbonyl (C=O) groups is 2. The molecular formula is C28H27F5N6O2. The number of rotatable bonds is 3. The molecule has 3 amide bonds. The maximum absolute atomic E-state index is 14.7. The largest absolute Gasteiger partial charge is 0.394 e. The number of urea groups is 1. The number of hydrogen-bond donors (Lipinski definition) is 2. The summed E-state index contributed by atoms with van der Waals surface area (Å²) < 4.78 is 70.8. The zero-order valence-electron chi connectivity index (χ0n) is 21.8. The van der Waals surface area contributed by atoms with Gasteiger partial charge in [-0.25, -0.2) is 23.5 Å². The van der Waals surface area contributed by atoms with Crippen molar-refractivity contribution in [3.8, 4) is 0 Å². The Morgan fingerprint density at radius 2 is 1.80 bits per heavy atom. The molecule has 1 fully saturated rings. The van der Waals surface area contributed by atoms with Crippen LogP contribution >= 0.6 is 0 Å². The van der Waals surface area contributed by atoms with E-state index >= 15 is 0 Å². The van der Waals surface area contributed by atoms with Crippen molar-refractivity contribution in [3.63, 3.8) is 0 Å². The van der Waals surface area contributed by atoms with E-state index in [1.165, 1.54) is 10.6 Å². The van der Waals surface area contributed by atoms with Gasteiger partial charge in [-0.15, -0.1) is 0 Å². The van der Waals surface area contributed by atoms with Gasteiger partial charge in [0.2, 0.25) is 5.91 Å². The zero-order valence-corrected chi connectivity index (χ0v) is 21.8. The number of benzene rings is 1. The minimum absolute atomic E-state index is 0.111. The first kappa shape index (κ1) is 27.2. The van der Waals surface area contributed by atoms with E-state index in [1.807, 2.05) is 6.07 Å². The van der Waals surface area contributed by atoms with Crippen molar-refractivity contribution in [2.75, 3.05) is 18.4 Å². The van der Waals surface area contributed by atoms with Gasteiger partial charge in [-0.05, 0) is 43.9 Å². The fourth-order valence-corrected chi connectivity index (χ4v) is 6.41. The summed E-state index contributed by atoms with van der Waals surface area (Å²) in [5.41, 5.74) is -0.306. The van der Waals surface area contributed by atoms with Gasteiger partial charge < -0.3 is 20.1 Å². The molecule has 216 valence electrons. The predicted octanol–water partition coefficient (Wildman–Crippen LogP) is 4.98. The number of halogens is 5. The number of imidazole rings is 1. The normalized spacial score (nSPS) is 21.7. The first-order valence-corrected chi connectivity index (χ1v) is 13.4. The minimum atomic E-state index is -4.52. The Morgan fingerprint density at radius 1 is 1.07 bits per heavy atom. The van der Waals surface area contributed by atoms with Gasteiger partial charge in [0.1, 0.15) is 23.3 Å².